The van der Waals surface area contributed by atoms with Crippen LogP contribution in [0.4, 0.5) is 5.13 Å². The van der Waals surface area contributed by atoms with Crippen molar-refractivity contribution in [3.63, 3.8) is 0 Å². The smallest absolute Gasteiger partial charge is 0.203 e. The number of nitrogens with zero attached hydrogens (tertiary/aromatic N) is 2. The molecule has 1 fully saturated rings. The Hall–Kier alpha value is -0.640. The van der Waals surface area contributed by atoms with Gasteiger partial charge in [0, 0.05) is 0 Å². The molecule has 0 saturated heterocycles. The van der Waals surface area contributed by atoms with Gasteiger partial charge in [0.15, 0.2) is 0 Å². The van der Waals surface area contributed by atoms with E-state index in [-0.39, 0.29) is 0 Å². The number of aromatic nitrogens is 2. The lowest BCUT2D eigenvalue weighted by Crippen LogP contribution is -1.91. The summed E-state index contributed by atoms with van der Waals surface area (Å²) in [4.78, 5) is 0. The van der Waals surface area contributed by atoms with Crippen molar-refractivity contribution in [3.05, 3.63) is 5.01 Å². The van der Waals surface area contributed by atoms with Gasteiger partial charge >= 0.3 is 0 Å². The molecule has 0 atom stereocenters. The average Bonchev–Trinajstić information content (AvgIpc) is 2.88. The second-order valence-electron chi connectivity index (χ2n) is 4.45. The second-order valence-corrected chi connectivity index (χ2v) is 5.67. The summed E-state index contributed by atoms with van der Waals surface area (Å²) in [5, 5.41) is 8.68. The first kappa shape index (κ1) is 13.4. The van der Waals surface area contributed by atoms with Crippen molar-refractivity contribution in [2.24, 2.45) is 5.92 Å². The molecule has 2 N–H and O–H groups in total. The number of nitrogens with two attached hydrogens (primary N) is 1. The molecule has 1 aliphatic rings. The van der Waals surface area contributed by atoms with E-state index >= 15 is 0 Å². The third-order valence-electron chi connectivity index (χ3n) is 2.98. The summed E-state index contributed by atoms with van der Waals surface area (Å²) in [5.41, 5.74) is 5.22. The van der Waals surface area contributed by atoms with Crippen LogP contribution in [0.1, 0.15) is 56.9 Å². The van der Waals surface area contributed by atoms with E-state index in [1.54, 1.807) is 0 Å². The lowest BCUT2D eigenvalue weighted by molar-refractivity contribution is 0.480. The highest BCUT2D eigenvalue weighted by molar-refractivity contribution is 7.14. The number of hydrogen-bond acceptors (Lipinski definition) is 4. The molecule has 1 aromatic heterocycles. The zero-order valence-corrected chi connectivity index (χ0v) is 11.2. The van der Waals surface area contributed by atoms with Gasteiger partial charge in [-0.3, -0.25) is 0 Å². The molecule has 3 nitrogen and oxygen atoms in total. The summed E-state index contributed by atoms with van der Waals surface area (Å²) in [7, 11) is 0. The maximum Gasteiger partial charge on any atom is 0.203 e. The normalized spacial score (nSPS) is 15.9. The fourth-order valence-corrected chi connectivity index (χ4v) is 2.57. The van der Waals surface area contributed by atoms with Crippen molar-refractivity contribution in [2.45, 2.75) is 58.8 Å². The Balaban J connectivity index is 0.000000165. The highest BCUT2D eigenvalue weighted by atomic mass is 32.1. The van der Waals surface area contributed by atoms with Crippen LogP contribution in [0.15, 0.2) is 0 Å². The Kier molecular flexibility index (Phi) is 6.38. The third kappa shape index (κ3) is 5.45. The molecule has 92 valence electrons. The number of aryl methyl sites for hydroxylation is 1. The molecule has 0 spiro atoms. The number of unbranched alkanes of at least 4 members (excludes halogenated alkanes) is 1. The first-order valence-electron chi connectivity index (χ1n) is 6.28. The van der Waals surface area contributed by atoms with Crippen LogP contribution < -0.4 is 5.73 Å². The van der Waals surface area contributed by atoms with Crippen LogP contribution in [0, 0.1) is 12.8 Å². The van der Waals surface area contributed by atoms with Gasteiger partial charge in [-0.15, -0.1) is 10.2 Å². The van der Waals surface area contributed by atoms with E-state index in [4.69, 9.17) is 5.73 Å². The van der Waals surface area contributed by atoms with Gasteiger partial charge in [-0.1, -0.05) is 63.2 Å². The molecule has 4 heteroatoms. The molecule has 0 aromatic carbocycles. The number of rotatable bonds is 3. The molecule has 1 aromatic rings. The first-order valence-corrected chi connectivity index (χ1v) is 7.09. The number of nitrogen functional groups attached to an aromatic ring is 1. The van der Waals surface area contributed by atoms with Crippen LogP contribution in [-0.2, 0) is 0 Å². The maximum absolute atomic E-state index is 5.22. The third-order valence-corrected chi connectivity index (χ3v) is 3.65. The van der Waals surface area contributed by atoms with Crippen LogP contribution in [0.2, 0.25) is 0 Å². The van der Waals surface area contributed by atoms with Crippen LogP contribution in [0.3, 0.4) is 0 Å². The van der Waals surface area contributed by atoms with E-state index in [9.17, 15) is 0 Å². The Morgan fingerprint density at radius 1 is 1.31 bits per heavy atom. The molecule has 0 amide bonds. The van der Waals surface area contributed by atoms with E-state index in [0.29, 0.717) is 5.13 Å². The minimum Gasteiger partial charge on any atom is -0.374 e. The highest BCUT2D eigenvalue weighted by Gasteiger charge is 2.13. The van der Waals surface area contributed by atoms with Crippen molar-refractivity contribution in [3.8, 4) is 0 Å². The Bertz CT molecular complexity index is 263. The molecule has 1 saturated carbocycles. The molecule has 0 bridgehead atoms. The van der Waals surface area contributed by atoms with Gasteiger partial charge in [0.1, 0.15) is 5.01 Å². The number of hydrogen-bond donors (Lipinski definition) is 1. The Morgan fingerprint density at radius 2 is 2.00 bits per heavy atom. The van der Waals surface area contributed by atoms with Crippen LogP contribution in [-0.4, -0.2) is 10.2 Å². The predicted octanol–water partition coefficient (Wildman–Crippen LogP) is 3.80. The van der Waals surface area contributed by atoms with Gasteiger partial charge in [0.05, 0.1) is 0 Å². The molecular formula is C12H23N3S. The quantitative estimate of drug-likeness (QED) is 0.875. The molecule has 0 unspecified atom stereocenters. The van der Waals surface area contributed by atoms with Crippen molar-refractivity contribution in [1.82, 2.24) is 10.2 Å². The van der Waals surface area contributed by atoms with E-state index in [0.717, 1.165) is 10.9 Å². The summed E-state index contributed by atoms with van der Waals surface area (Å²) in [6.07, 6.45) is 10.4. The van der Waals surface area contributed by atoms with Crippen molar-refractivity contribution in [1.29, 1.82) is 0 Å². The highest BCUT2D eigenvalue weighted by Crippen LogP contribution is 2.28. The van der Waals surface area contributed by atoms with Crippen molar-refractivity contribution >= 4 is 16.5 Å². The van der Waals surface area contributed by atoms with Gasteiger partial charge < -0.3 is 5.73 Å². The van der Waals surface area contributed by atoms with Crippen LogP contribution in [0.25, 0.3) is 0 Å². The Labute approximate surface area is 102 Å². The minimum atomic E-state index is 0.539. The standard InChI is InChI=1S/C9H18.C3H5N3S/c1-2-3-6-9-7-4-5-8-9;1-2-5-6-3(4)7-2/h9H,2-8H2,1H3;1H3,(H2,4,6). The summed E-state index contributed by atoms with van der Waals surface area (Å²) in [6, 6.07) is 0. The van der Waals surface area contributed by atoms with Crippen molar-refractivity contribution in [2.75, 3.05) is 5.73 Å². The van der Waals surface area contributed by atoms with Crippen LogP contribution >= 0.6 is 11.3 Å². The summed E-state index contributed by atoms with van der Waals surface area (Å²) in [6.45, 7) is 4.16. The van der Waals surface area contributed by atoms with E-state index in [1.165, 1.54) is 56.3 Å². The lowest BCUT2D eigenvalue weighted by atomic mass is 10.0. The van der Waals surface area contributed by atoms with Crippen LogP contribution in [0.5, 0.6) is 0 Å². The largest absolute Gasteiger partial charge is 0.374 e. The fourth-order valence-electron chi connectivity index (χ4n) is 2.10. The van der Waals surface area contributed by atoms with Gasteiger partial charge in [-0.25, -0.2) is 0 Å². The molecule has 16 heavy (non-hydrogen) atoms. The molecule has 0 radical (unpaired) electrons. The topological polar surface area (TPSA) is 51.8 Å². The first-order chi connectivity index (χ1) is 7.72. The maximum atomic E-state index is 5.22. The van der Waals surface area contributed by atoms with E-state index in [1.807, 2.05) is 6.92 Å². The molecule has 1 heterocycles. The fraction of sp³-hybridized carbons (Fsp3) is 0.833. The minimum absolute atomic E-state index is 0.539. The molecule has 0 aliphatic heterocycles. The van der Waals surface area contributed by atoms with Gasteiger partial charge in [-0.2, -0.15) is 0 Å². The van der Waals surface area contributed by atoms with E-state index in [2.05, 4.69) is 17.1 Å². The lowest BCUT2D eigenvalue weighted by Gasteiger charge is -2.05. The molecule has 2 rings (SSSR count). The van der Waals surface area contributed by atoms with Gasteiger partial charge in [-0.05, 0) is 12.8 Å². The van der Waals surface area contributed by atoms with Gasteiger partial charge in [0.25, 0.3) is 0 Å². The van der Waals surface area contributed by atoms with Crippen molar-refractivity contribution < 1.29 is 0 Å². The Morgan fingerprint density at radius 3 is 2.38 bits per heavy atom. The summed E-state index contributed by atoms with van der Waals surface area (Å²) >= 11 is 1.40. The molecular weight excluding hydrogens is 218 g/mol. The molecule has 1 aliphatic carbocycles. The zero-order chi connectivity index (χ0) is 11.8. The second kappa shape index (κ2) is 7.60. The number of anilines is 1. The predicted molar refractivity (Wildman–Crippen MR) is 70.5 cm³/mol. The SMILES string of the molecule is CCCCC1CCCC1.Cc1nnc(N)s1. The zero-order valence-electron chi connectivity index (χ0n) is 10.4. The monoisotopic (exact) mass is 241 g/mol. The summed E-state index contributed by atoms with van der Waals surface area (Å²) < 4.78 is 0. The van der Waals surface area contributed by atoms with Gasteiger partial charge in [0.2, 0.25) is 5.13 Å². The van der Waals surface area contributed by atoms with E-state index < -0.39 is 0 Å². The summed E-state index contributed by atoms with van der Waals surface area (Å²) in [5.74, 6) is 1.12. The average molecular weight is 241 g/mol.